The Morgan fingerprint density at radius 1 is 1.56 bits per heavy atom. The van der Waals surface area contributed by atoms with E-state index in [1.807, 2.05) is 6.20 Å². The highest BCUT2D eigenvalue weighted by Crippen LogP contribution is 2.19. The molecule has 2 rings (SSSR count). The standard InChI is InChI=1S/C13H23N3/c1-4-10(2)9-16-11(3)14-7-13(16)8-15-12-5-6-12/h7,10,12,15H,4-6,8-9H2,1-3H3. The van der Waals surface area contributed by atoms with E-state index < -0.39 is 0 Å². The number of aryl methyl sites for hydroxylation is 1. The van der Waals surface area contributed by atoms with Gasteiger partial charge in [0.15, 0.2) is 0 Å². The number of hydrogen-bond acceptors (Lipinski definition) is 2. The fourth-order valence-corrected chi connectivity index (χ4v) is 1.88. The van der Waals surface area contributed by atoms with Crippen LogP contribution in [0, 0.1) is 12.8 Å². The fourth-order valence-electron chi connectivity index (χ4n) is 1.88. The smallest absolute Gasteiger partial charge is 0.105 e. The number of rotatable bonds is 6. The van der Waals surface area contributed by atoms with Crippen LogP contribution >= 0.6 is 0 Å². The van der Waals surface area contributed by atoms with Crippen molar-refractivity contribution in [3.63, 3.8) is 0 Å². The van der Waals surface area contributed by atoms with E-state index in [0.29, 0.717) is 0 Å². The maximum atomic E-state index is 4.43. The largest absolute Gasteiger partial charge is 0.331 e. The lowest BCUT2D eigenvalue weighted by molar-refractivity contribution is 0.448. The highest BCUT2D eigenvalue weighted by atomic mass is 15.1. The van der Waals surface area contributed by atoms with Gasteiger partial charge in [0.05, 0.1) is 5.69 Å². The molecule has 0 radical (unpaired) electrons. The third kappa shape index (κ3) is 2.85. The minimum atomic E-state index is 0.729. The van der Waals surface area contributed by atoms with Gasteiger partial charge in [-0.25, -0.2) is 4.98 Å². The van der Waals surface area contributed by atoms with Crippen LogP contribution in [0.25, 0.3) is 0 Å². The number of imidazole rings is 1. The second-order valence-electron chi connectivity index (χ2n) is 5.08. The molecule has 3 heteroatoms. The molecule has 0 aliphatic heterocycles. The Morgan fingerprint density at radius 3 is 2.94 bits per heavy atom. The van der Waals surface area contributed by atoms with Gasteiger partial charge in [0.2, 0.25) is 0 Å². The van der Waals surface area contributed by atoms with E-state index in [1.54, 1.807) is 0 Å². The lowest BCUT2D eigenvalue weighted by Gasteiger charge is -2.15. The molecule has 1 N–H and O–H groups in total. The predicted molar refractivity (Wildman–Crippen MR) is 66.3 cm³/mol. The van der Waals surface area contributed by atoms with Gasteiger partial charge in [0.1, 0.15) is 5.82 Å². The predicted octanol–water partition coefficient (Wildman–Crippen LogP) is 2.49. The van der Waals surface area contributed by atoms with E-state index >= 15 is 0 Å². The Bertz CT molecular complexity index is 339. The van der Waals surface area contributed by atoms with Crippen molar-refractivity contribution in [2.45, 2.75) is 59.2 Å². The number of hydrogen-bond donors (Lipinski definition) is 1. The topological polar surface area (TPSA) is 29.9 Å². The molecule has 0 saturated heterocycles. The Hall–Kier alpha value is -0.830. The van der Waals surface area contributed by atoms with Crippen LogP contribution in [0.4, 0.5) is 0 Å². The van der Waals surface area contributed by atoms with Crippen LogP contribution in [0.3, 0.4) is 0 Å². The molecule has 1 aliphatic carbocycles. The first-order valence-corrected chi connectivity index (χ1v) is 6.45. The number of nitrogens with zero attached hydrogens (tertiary/aromatic N) is 2. The molecular weight excluding hydrogens is 198 g/mol. The van der Waals surface area contributed by atoms with Gasteiger partial charge >= 0.3 is 0 Å². The molecule has 1 aliphatic rings. The summed E-state index contributed by atoms with van der Waals surface area (Å²) in [5.74, 6) is 1.88. The summed E-state index contributed by atoms with van der Waals surface area (Å²) in [6.07, 6.45) is 5.94. The summed E-state index contributed by atoms with van der Waals surface area (Å²) >= 11 is 0. The number of nitrogens with one attached hydrogen (secondary N) is 1. The summed E-state index contributed by atoms with van der Waals surface area (Å²) in [7, 11) is 0. The zero-order valence-corrected chi connectivity index (χ0v) is 10.7. The monoisotopic (exact) mass is 221 g/mol. The average Bonchev–Trinajstić information content (AvgIpc) is 3.04. The highest BCUT2D eigenvalue weighted by Gasteiger charge is 2.21. The third-order valence-electron chi connectivity index (χ3n) is 3.48. The van der Waals surface area contributed by atoms with E-state index in [4.69, 9.17) is 0 Å². The molecule has 1 unspecified atom stereocenters. The summed E-state index contributed by atoms with van der Waals surface area (Å²) in [6.45, 7) is 8.73. The molecule has 16 heavy (non-hydrogen) atoms. The summed E-state index contributed by atoms with van der Waals surface area (Å²) in [5.41, 5.74) is 1.34. The van der Waals surface area contributed by atoms with Crippen molar-refractivity contribution >= 4 is 0 Å². The van der Waals surface area contributed by atoms with Gasteiger partial charge in [0, 0.05) is 25.3 Å². The molecule has 1 fully saturated rings. The van der Waals surface area contributed by atoms with Gasteiger partial charge in [0.25, 0.3) is 0 Å². The Labute approximate surface area is 98.3 Å². The SMILES string of the molecule is CCC(C)Cn1c(CNC2CC2)cnc1C. The molecule has 0 amide bonds. The quantitative estimate of drug-likeness (QED) is 0.800. The van der Waals surface area contributed by atoms with Gasteiger partial charge in [-0.15, -0.1) is 0 Å². The Kier molecular flexibility index (Phi) is 3.64. The van der Waals surface area contributed by atoms with Crippen molar-refractivity contribution < 1.29 is 0 Å². The van der Waals surface area contributed by atoms with Crippen LogP contribution in [0.5, 0.6) is 0 Å². The van der Waals surface area contributed by atoms with Crippen molar-refractivity contribution in [2.24, 2.45) is 5.92 Å². The van der Waals surface area contributed by atoms with E-state index in [0.717, 1.165) is 30.9 Å². The molecule has 3 nitrogen and oxygen atoms in total. The third-order valence-corrected chi connectivity index (χ3v) is 3.48. The second kappa shape index (κ2) is 5.00. The zero-order chi connectivity index (χ0) is 11.5. The van der Waals surface area contributed by atoms with Crippen molar-refractivity contribution in [2.75, 3.05) is 0 Å². The summed E-state index contributed by atoms with van der Waals surface area (Å²) in [4.78, 5) is 4.43. The molecule has 1 aromatic rings. The normalized spacial score (nSPS) is 17.7. The maximum Gasteiger partial charge on any atom is 0.105 e. The fraction of sp³-hybridized carbons (Fsp3) is 0.769. The van der Waals surface area contributed by atoms with Crippen LogP contribution in [0.15, 0.2) is 6.20 Å². The first-order chi connectivity index (χ1) is 7.70. The number of aromatic nitrogens is 2. The van der Waals surface area contributed by atoms with Crippen molar-refractivity contribution in [3.8, 4) is 0 Å². The van der Waals surface area contributed by atoms with Crippen LogP contribution in [0.2, 0.25) is 0 Å². The van der Waals surface area contributed by atoms with E-state index in [2.05, 4.69) is 35.6 Å². The van der Waals surface area contributed by atoms with Crippen LogP contribution in [-0.4, -0.2) is 15.6 Å². The second-order valence-corrected chi connectivity index (χ2v) is 5.08. The maximum absolute atomic E-state index is 4.43. The van der Waals surface area contributed by atoms with Crippen LogP contribution in [-0.2, 0) is 13.1 Å². The van der Waals surface area contributed by atoms with Crippen molar-refractivity contribution in [3.05, 3.63) is 17.7 Å². The van der Waals surface area contributed by atoms with E-state index in [-0.39, 0.29) is 0 Å². The zero-order valence-electron chi connectivity index (χ0n) is 10.7. The molecule has 1 heterocycles. The van der Waals surface area contributed by atoms with E-state index in [1.165, 1.54) is 25.0 Å². The van der Waals surface area contributed by atoms with Crippen LogP contribution in [0.1, 0.15) is 44.6 Å². The molecule has 1 atom stereocenters. The lowest BCUT2D eigenvalue weighted by Crippen LogP contribution is -2.20. The van der Waals surface area contributed by atoms with Gasteiger partial charge < -0.3 is 9.88 Å². The van der Waals surface area contributed by atoms with E-state index in [9.17, 15) is 0 Å². The minimum absolute atomic E-state index is 0.729. The first-order valence-electron chi connectivity index (χ1n) is 6.45. The lowest BCUT2D eigenvalue weighted by atomic mass is 10.1. The molecule has 1 saturated carbocycles. The molecule has 1 aromatic heterocycles. The molecule has 0 bridgehead atoms. The average molecular weight is 221 g/mol. The summed E-state index contributed by atoms with van der Waals surface area (Å²) < 4.78 is 2.36. The molecule has 90 valence electrons. The molecule has 0 spiro atoms. The summed E-state index contributed by atoms with van der Waals surface area (Å²) in [5, 5.41) is 3.56. The molecular formula is C13H23N3. The Balaban J connectivity index is 1.98. The molecule has 0 aromatic carbocycles. The van der Waals surface area contributed by atoms with Gasteiger partial charge in [-0.2, -0.15) is 0 Å². The van der Waals surface area contributed by atoms with Crippen molar-refractivity contribution in [1.29, 1.82) is 0 Å². The van der Waals surface area contributed by atoms with Gasteiger partial charge in [-0.1, -0.05) is 20.3 Å². The van der Waals surface area contributed by atoms with Crippen LogP contribution < -0.4 is 5.32 Å². The summed E-state index contributed by atoms with van der Waals surface area (Å²) in [6, 6.07) is 0.771. The van der Waals surface area contributed by atoms with Gasteiger partial charge in [-0.3, -0.25) is 0 Å². The Morgan fingerprint density at radius 2 is 2.31 bits per heavy atom. The van der Waals surface area contributed by atoms with Crippen molar-refractivity contribution in [1.82, 2.24) is 14.9 Å². The highest BCUT2D eigenvalue weighted by molar-refractivity contribution is 5.05. The first kappa shape index (κ1) is 11.6. The minimum Gasteiger partial charge on any atom is -0.331 e. The van der Waals surface area contributed by atoms with Gasteiger partial charge in [-0.05, 0) is 25.7 Å².